The van der Waals surface area contributed by atoms with E-state index >= 15 is 0 Å². The number of thiocarbonyl (C=S) groups is 1. The van der Waals surface area contributed by atoms with Crippen molar-refractivity contribution in [2.24, 2.45) is 0 Å². The normalized spacial score (nSPS) is 15.0. The third-order valence-electron chi connectivity index (χ3n) is 5.24. The zero-order valence-electron chi connectivity index (χ0n) is 18.4. The van der Waals surface area contributed by atoms with Gasteiger partial charge in [0.25, 0.3) is 11.5 Å². The number of methoxy groups -OCH3 is 1. The Morgan fingerprint density at radius 2 is 1.97 bits per heavy atom. The molecule has 9 heteroatoms. The minimum Gasteiger partial charge on any atom is -0.497 e. The van der Waals surface area contributed by atoms with Gasteiger partial charge in [-0.05, 0) is 48.7 Å². The number of carbonyl (C=O) groups is 1. The summed E-state index contributed by atoms with van der Waals surface area (Å²) in [6.45, 7) is 3.16. The fourth-order valence-electron chi connectivity index (χ4n) is 3.47. The third kappa shape index (κ3) is 4.94. The Bertz CT molecular complexity index is 1290. The Morgan fingerprint density at radius 1 is 1.18 bits per heavy atom. The first kappa shape index (κ1) is 23.0. The molecule has 1 aliphatic rings. The molecule has 3 heterocycles. The zero-order valence-corrected chi connectivity index (χ0v) is 20.0. The van der Waals surface area contributed by atoms with Gasteiger partial charge in [0, 0.05) is 19.3 Å². The molecule has 0 aliphatic carbocycles. The summed E-state index contributed by atoms with van der Waals surface area (Å²) >= 11 is 6.68. The van der Waals surface area contributed by atoms with E-state index < -0.39 is 0 Å². The second-order valence-corrected chi connectivity index (χ2v) is 9.14. The molecular formula is C24H24N4O3S2. The number of amides is 1. The first-order chi connectivity index (χ1) is 16.0. The molecule has 1 amide bonds. The predicted molar refractivity (Wildman–Crippen MR) is 137 cm³/mol. The average Bonchev–Trinajstić information content (AvgIpc) is 3.10. The first-order valence-corrected chi connectivity index (χ1v) is 11.9. The van der Waals surface area contributed by atoms with Gasteiger partial charge in [-0.3, -0.25) is 18.9 Å². The molecule has 0 radical (unpaired) electrons. The number of aromatic nitrogens is 2. The van der Waals surface area contributed by atoms with E-state index in [1.165, 1.54) is 16.2 Å². The quantitative estimate of drug-likeness (QED) is 0.386. The van der Waals surface area contributed by atoms with Crippen LogP contribution < -0.4 is 15.6 Å². The van der Waals surface area contributed by atoms with Gasteiger partial charge in [0.2, 0.25) is 0 Å². The lowest BCUT2D eigenvalue weighted by Gasteiger charge is -2.14. The lowest BCUT2D eigenvalue weighted by atomic mass is 10.1. The molecule has 0 saturated carbocycles. The number of carbonyl (C=O) groups excluding carboxylic acids is 1. The van der Waals surface area contributed by atoms with Crippen LogP contribution in [0.3, 0.4) is 0 Å². The molecule has 33 heavy (non-hydrogen) atoms. The van der Waals surface area contributed by atoms with Crippen molar-refractivity contribution in [3.05, 3.63) is 75.0 Å². The van der Waals surface area contributed by atoms with E-state index in [9.17, 15) is 9.59 Å². The van der Waals surface area contributed by atoms with E-state index in [4.69, 9.17) is 17.0 Å². The van der Waals surface area contributed by atoms with Crippen LogP contribution in [0.2, 0.25) is 0 Å². The number of nitrogens with one attached hydrogen (secondary N) is 1. The van der Waals surface area contributed by atoms with Gasteiger partial charge >= 0.3 is 0 Å². The molecule has 0 spiro atoms. The topological polar surface area (TPSA) is 75.9 Å². The van der Waals surface area contributed by atoms with E-state index in [2.05, 4.69) is 10.3 Å². The molecule has 0 unspecified atom stereocenters. The summed E-state index contributed by atoms with van der Waals surface area (Å²) in [4.78, 5) is 32.9. The molecule has 4 rings (SSSR count). The summed E-state index contributed by atoms with van der Waals surface area (Å²) in [7, 11) is 1.63. The van der Waals surface area contributed by atoms with Crippen LogP contribution in [0.15, 0.2) is 58.4 Å². The summed E-state index contributed by atoms with van der Waals surface area (Å²) in [5, 5.41) is 3.22. The lowest BCUT2D eigenvalue weighted by Crippen LogP contribution is -2.30. The van der Waals surface area contributed by atoms with Gasteiger partial charge < -0.3 is 10.1 Å². The molecule has 1 N–H and O–H groups in total. The van der Waals surface area contributed by atoms with E-state index in [1.54, 1.807) is 36.4 Å². The fourth-order valence-corrected chi connectivity index (χ4v) is 4.76. The largest absolute Gasteiger partial charge is 0.497 e. The number of fused-ring (bicyclic) bond motifs is 1. The lowest BCUT2D eigenvalue weighted by molar-refractivity contribution is -0.122. The van der Waals surface area contributed by atoms with Crippen LogP contribution in [0.25, 0.3) is 11.7 Å². The first-order valence-electron chi connectivity index (χ1n) is 10.7. The Morgan fingerprint density at radius 3 is 2.70 bits per heavy atom. The molecule has 1 saturated heterocycles. The molecule has 1 aliphatic heterocycles. The third-order valence-corrected chi connectivity index (χ3v) is 6.62. The summed E-state index contributed by atoms with van der Waals surface area (Å²) in [5.41, 5.74) is 1.74. The monoisotopic (exact) mass is 480 g/mol. The second-order valence-electron chi connectivity index (χ2n) is 7.47. The van der Waals surface area contributed by atoms with Crippen molar-refractivity contribution in [2.45, 2.75) is 19.8 Å². The zero-order chi connectivity index (χ0) is 23.4. The Kier molecular flexibility index (Phi) is 7.10. The number of anilines is 1. The van der Waals surface area contributed by atoms with Crippen LogP contribution in [-0.4, -0.2) is 44.7 Å². The Hall–Kier alpha value is -3.17. The van der Waals surface area contributed by atoms with Gasteiger partial charge in [-0.1, -0.05) is 49.1 Å². The molecule has 0 atom stereocenters. The maximum atomic E-state index is 13.2. The highest BCUT2D eigenvalue weighted by Gasteiger charge is 2.32. The fraction of sp³-hybridized carbons (Fsp3) is 0.250. The number of hydrogen-bond donors (Lipinski definition) is 1. The number of rotatable bonds is 8. The van der Waals surface area contributed by atoms with E-state index in [-0.39, 0.29) is 11.5 Å². The van der Waals surface area contributed by atoms with Gasteiger partial charge in [0.05, 0.1) is 17.6 Å². The maximum absolute atomic E-state index is 13.2. The van der Waals surface area contributed by atoms with Gasteiger partial charge in [0.1, 0.15) is 21.5 Å². The van der Waals surface area contributed by atoms with Crippen LogP contribution in [0, 0.1) is 0 Å². The number of benzene rings is 1. The van der Waals surface area contributed by atoms with Gasteiger partial charge in [-0.25, -0.2) is 4.98 Å². The molecule has 170 valence electrons. The highest BCUT2D eigenvalue weighted by molar-refractivity contribution is 8.26. The van der Waals surface area contributed by atoms with Crippen molar-refractivity contribution in [3.63, 3.8) is 0 Å². The number of nitrogens with zero attached hydrogens (tertiary/aromatic N) is 3. The number of pyridine rings is 1. The van der Waals surface area contributed by atoms with Crippen LogP contribution >= 0.6 is 24.0 Å². The van der Waals surface area contributed by atoms with Crippen molar-refractivity contribution in [3.8, 4) is 5.75 Å². The smallest absolute Gasteiger partial charge is 0.267 e. The van der Waals surface area contributed by atoms with Crippen molar-refractivity contribution >= 4 is 51.7 Å². The minimum absolute atomic E-state index is 0.197. The SMILES string of the molecule is CCCNc1nc2ccccn2c(=O)c1C=C1SC(=S)N(CCc2ccc(OC)cc2)C1=O. The second kappa shape index (κ2) is 10.2. The molecule has 3 aromatic rings. The van der Waals surface area contributed by atoms with Crippen LogP contribution in [0.4, 0.5) is 5.82 Å². The van der Waals surface area contributed by atoms with E-state index in [0.717, 1.165) is 17.7 Å². The standard InChI is InChI=1S/C24H24N4O3S2/c1-3-12-25-21-18(22(29)27-13-5-4-6-20(27)26-21)15-19-23(30)28(24(32)33-19)14-11-16-7-9-17(31-2)10-8-16/h4-10,13,15,25H,3,11-12,14H2,1-2H3. The minimum atomic E-state index is -0.234. The molecule has 1 fully saturated rings. The number of thioether (sulfide) groups is 1. The molecule has 1 aromatic carbocycles. The average molecular weight is 481 g/mol. The van der Waals surface area contributed by atoms with Crippen LogP contribution in [0.5, 0.6) is 5.75 Å². The van der Waals surface area contributed by atoms with E-state index in [0.29, 0.717) is 45.8 Å². The maximum Gasteiger partial charge on any atom is 0.267 e. The highest BCUT2D eigenvalue weighted by atomic mass is 32.2. The van der Waals surface area contributed by atoms with Gasteiger partial charge in [-0.2, -0.15) is 0 Å². The summed E-state index contributed by atoms with van der Waals surface area (Å²) < 4.78 is 7.15. The van der Waals surface area contributed by atoms with Gasteiger partial charge in [0.15, 0.2) is 0 Å². The Labute approximate surface area is 201 Å². The van der Waals surface area contributed by atoms with Crippen molar-refractivity contribution in [2.75, 3.05) is 25.5 Å². The summed E-state index contributed by atoms with van der Waals surface area (Å²) in [6, 6.07) is 13.1. The molecule has 7 nitrogen and oxygen atoms in total. The molecule has 2 aromatic heterocycles. The van der Waals surface area contributed by atoms with Crippen molar-refractivity contribution < 1.29 is 9.53 Å². The van der Waals surface area contributed by atoms with Crippen LogP contribution in [-0.2, 0) is 11.2 Å². The van der Waals surface area contributed by atoms with Crippen LogP contribution in [0.1, 0.15) is 24.5 Å². The predicted octanol–water partition coefficient (Wildman–Crippen LogP) is 3.97. The van der Waals surface area contributed by atoms with Gasteiger partial charge in [-0.15, -0.1) is 0 Å². The van der Waals surface area contributed by atoms with Crippen molar-refractivity contribution in [1.29, 1.82) is 0 Å². The Balaban J connectivity index is 1.61. The van der Waals surface area contributed by atoms with Crippen molar-refractivity contribution in [1.82, 2.24) is 14.3 Å². The molecular weight excluding hydrogens is 456 g/mol. The summed E-state index contributed by atoms with van der Waals surface area (Å²) in [6.07, 6.45) is 4.82. The number of hydrogen-bond acceptors (Lipinski definition) is 7. The summed E-state index contributed by atoms with van der Waals surface area (Å²) in [5.74, 6) is 1.06. The number of ether oxygens (including phenoxy) is 1. The van der Waals surface area contributed by atoms with E-state index in [1.807, 2.05) is 37.3 Å². The highest BCUT2D eigenvalue weighted by Crippen LogP contribution is 2.33. The molecule has 0 bridgehead atoms.